The molecule has 0 aliphatic heterocycles. The monoisotopic (exact) mass is 272 g/mol. The van der Waals surface area contributed by atoms with Crippen molar-refractivity contribution in [2.75, 3.05) is 6.61 Å². The summed E-state index contributed by atoms with van der Waals surface area (Å²) < 4.78 is 5.49. The highest BCUT2D eigenvalue weighted by molar-refractivity contribution is 5.89. The molecule has 2 aromatic carbocycles. The number of rotatable bonds is 5. The molecule has 2 rings (SSSR count). The number of ether oxygens (including phenoxy) is 1. The fraction of sp³-hybridized carbons (Fsp3) is 0.188. The van der Waals surface area contributed by atoms with Gasteiger partial charge < -0.3 is 14.9 Å². The zero-order valence-corrected chi connectivity index (χ0v) is 11.2. The Labute approximate surface area is 117 Å². The van der Waals surface area contributed by atoms with E-state index in [4.69, 9.17) is 9.84 Å². The maximum Gasteiger partial charge on any atom is 0.335 e. The summed E-state index contributed by atoms with van der Waals surface area (Å²) in [6.07, 6.45) is 0.944. The number of phenols is 1. The lowest BCUT2D eigenvalue weighted by atomic mass is 10.0. The van der Waals surface area contributed by atoms with E-state index in [1.807, 2.05) is 31.2 Å². The predicted molar refractivity (Wildman–Crippen MR) is 76.3 cm³/mol. The summed E-state index contributed by atoms with van der Waals surface area (Å²) in [6, 6.07) is 11.6. The molecule has 2 N–H and O–H groups in total. The van der Waals surface area contributed by atoms with E-state index in [0.717, 1.165) is 17.7 Å². The van der Waals surface area contributed by atoms with Crippen molar-refractivity contribution in [3.8, 4) is 22.6 Å². The van der Waals surface area contributed by atoms with Crippen LogP contribution in [0, 0.1) is 0 Å². The maximum atomic E-state index is 10.8. The molecule has 0 spiro atoms. The highest BCUT2D eigenvalue weighted by atomic mass is 16.5. The third-order valence-electron chi connectivity index (χ3n) is 2.88. The van der Waals surface area contributed by atoms with Crippen molar-refractivity contribution in [2.24, 2.45) is 0 Å². The minimum atomic E-state index is -1.06. The van der Waals surface area contributed by atoms with Crippen LogP contribution in [-0.2, 0) is 0 Å². The lowest BCUT2D eigenvalue weighted by Gasteiger charge is -2.08. The number of hydrogen-bond donors (Lipinski definition) is 2. The Hall–Kier alpha value is -2.49. The van der Waals surface area contributed by atoms with Crippen LogP contribution >= 0.6 is 0 Å². The van der Waals surface area contributed by atoms with Gasteiger partial charge in [-0.3, -0.25) is 0 Å². The first-order valence-corrected chi connectivity index (χ1v) is 6.41. The molecule has 20 heavy (non-hydrogen) atoms. The van der Waals surface area contributed by atoms with Gasteiger partial charge in [0.15, 0.2) is 0 Å². The molecule has 0 saturated heterocycles. The normalized spacial score (nSPS) is 10.2. The lowest BCUT2D eigenvalue weighted by molar-refractivity contribution is 0.0696. The molecule has 0 amide bonds. The Balaban J connectivity index is 2.25. The molecule has 0 fully saturated rings. The topological polar surface area (TPSA) is 66.8 Å². The first-order valence-electron chi connectivity index (χ1n) is 6.41. The molecule has 0 heterocycles. The van der Waals surface area contributed by atoms with Gasteiger partial charge in [-0.1, -0.05) is 19.1 Å². The molecule has 0 unspecified atom stereocenters. The molecule has 0 aliphatic rings. The minimum absolute atomic E-state index is 0.0490. The largest absolute Gasteiger partial charge is 0.507 e. The zero-order chi connectivity index (χ0) is 14.5. The Morgan fingerprint density at radius 1 is 1.15 bits per heavy atom. The Bertz CT molecular complexity index is 602. The quantitative estimate of drug-likeness (QED) is 0.873. The van der Waals surface area contributed by atoms with Gasteiger partial charge >= 0.3 is 5.97 Å². The molecule has 0 aliphatic carbocycles. The van der Waals surface area contributed by atoms with Crippen molar-refractivity contribution in [3.63, 3.8) is 0 Å². The van der Waals surface area contributed by atoms with Crippen LogP contribution < -0.4 is 4.74 Å². The van der Waals surface area contributed by atoms with E-state index in [-0.39, 0.29) is 11.3 Å². The van der Waals surface area contributed by atoms with Crippen molar-refractivity contribution in [3.05, 3.63) is 48.0 Å². The summed E-state index contributed by atoms with van der Waals surface area (Å²) in [4.78, 5) is 10.8. The van der Waals surface area contributed by atoms with Crippen LogP contribution in [0.1, 0.15) is 23.7 Å². The zero-order valence-electron chi connectivity index (χ0n) is 11.2. The average Bonchev–Trinajstić information content (AvgIpc) is 2.45. The number of carbonyl (C=O) groups is 1. The van der Waals surface area contributed by atoms with E-state index in [2.05, 4.69) is 0 Å². The first-order chi connectivity index (χ1) is 9.61. The molecule has 0 aromatic heterocycles. The summed E-state index contributed by atoms with van der Waals surface area (Å²) in [7, 11) is 0. The highest BCUT2D eigenvalue weighted by Gasteiger charge is 2.09. The van der Waals surface area contributed by atoms with Gasteiger partial charge in [0.05, 0.1) is 12.2 Å². The smallest absolute Gasteiger partial charge is 0.335 e. The molecular weight excluding hydrogens is 256 g/mol. The van der Waals surface area contributed by atoms with E-state index >= 15 is 0 Å². The Morgan fingerprint density at radius 3 is 2.40 bits per heavy atom. The third kappa shape index (κ3) is 3.09. The van der Waals surface area contributed by atoms with Crippen LogP contribution in [0.5, 0.6) is 11.5 Å². The molecule has 0 radical (unpaired) electrons. The van der Waals surface area contributed by atoms with Gasteiger partial charge in [-0.15, -0.1) is 0 Å². The van der Waals surface area contributed by atoms with Crippen LogP contribution in [0.25, 0.3) is 11.1 Å². The third-order valence-corrected chi connectivity index (χ3v) is 2.88. The second-order valence-electron chi connectivity index (χ2n) is 4.41. The number of carboxylic acids is 1. The SMILES string of the molecule is CCCOc1ccc(-c2ccc(C(=O)O)cc2O)cc1. The number of benzene rings is 2. The van der Waals surface area contributed by atoms with Crippen molar-refractivity contribution in [1.82, 2.24) is 0 Å². The molecule has 4 nitrogen and oxygen atoms in total. The van der Waals surface area contributed by atoms with Crippen molar-refractivity contribution >= 4 is 5.97 Å². The molecular formula is C16H16O4. The second-order valence-corrected chi connectivity index (χ2v) is 4.41. The van der Waals surface area contributed by atoms with Gasteiger partial charge in [0.25, 0.3) is 0 Å². The number of phenolic OH excluding ortho intramolecular Hbond substituents is 1. The van der Waals surface area contributed by atoms with Crippen LogP contribution in [0.15, 0.2) is 42.5 Å². The standard InChI is InChI=1S/C16H16O4/c1-2-9-20-13-6-3-11(4-7-13)14-8-5-12(16(18)19)10-15(14)17/h3-8,10,17H,2,9H2,1H3,(H,18,19). The summed E-state index contributed by atoms with van der Waals surface area (Å²) in [6.45, 7) is 2.70. The first kappa shape index (κ1) is 13.9. The number of aromatic carboxylic acids is 1. The predicted octanol–water partition coefficient (Wildman–Crippen LogP) is 3.55. The Kier molecular flexibility index (Phi) is 4.25. The van der Waals surface area contributed by atoms with E-state index in [1.54, 1.807) is 6.07 Å². The summed E-state index contributed by atoms with van der Waals surface area (Å²) >= 11 is 0. The maximum absolute atomic E-state index is 10.8. The molecule has 0 atom stereocenters. The van der Waals surface area contributed by atoms with Crippen molar-refractivity contribution < 1.29 is 19.7 Å². The molecule has 0 saturated carbocycles. The second kappa shape index (κ2) is 6.10. The van der Waals surface area contributed by atoms with Crippen molar-refractivity contribution in [1.29, 1.82) is 0 Å². The van der Waals surface area contributed by atoms with Crippen LogP contribution in [0.2, 0.25) is 0 Å². The summed E-state index contributed by atoms with van der Waals surface area (Å²) in [5, 5.41) is 18.8. The number of hydrogen-bond acceptors (Lipinski definition) is 3. The minimum Gasteiger partial charge on any atom is -0.507 e. The van der Waals surface area contributed by atoms with E-state index < -0.39 is 5.97 Å². The fourth-order valence-corrected chi connectivity index (χ4v) is 1.86. The van der Waals surface area contributed by atoms with E-state index in [9.17, 15) is 9.90 Å². The van der Waals surface area contributed by atoms with Gasteiger partial charge in [0.1, 0.15) is 11.5 Å². The van der Waals surface area contributed by atoms with Gasteiger partial charge in [-0.05, 0) is 42.3 Å². The summed E-state index contributed by atoms with van der Waals surface area (Å²) in [5.74, 6) is -0.334. The van der Waals surface area contributed by atoms with Crippen LogP contribution in [0.4, 0.5) is 0 Å². The number of carboxylic acid groups (broad SMARTS) is 1. The van der Waals surface area contributed by atoms with E-state index in [0.29, 0.717) is 12.2 Å². The van der Waals surface area contributed by atoms with Gasteiger partial charge in [0, 0.05) is 5.56 Å². The lowest BCUT2D eigenvalue weighted by Crippen LogP contribution is -1.96. The number of aromatic hydroxyl groups is 1. The van der Waals surface area contributed by atoms with Crippen molar-refractivity contribution in [2.45, 2.75) is 13.3 Å². The van der Waals surface area contributed by atoms with E-state index in [1.165, 1.54) is 12.1 Å². The Morgan fingerprint density at radius 2 is 1.85 bits per heavy atom. The van der Waals surface area contributed by atoms with Crippen LogP contribution in [0.3, 0.4) is 0 Å². The van der Waals surface area contributed by atoms with Gasteiger partial charge in [-0.2, -0.15) is 0 Å². The van der Waals surface area contributed by atoms with Crippen LogP contribution in [-0.4, -0.2) is 22.8 Å². The molecule has 0 bridgehead atoms. The van der Waals surface area contributed by atoms with Gasteiger partial charge in [0.2, 0.25) is 0 Å². The highest BCUT2D eigenvalue weighted by Crippen LogP contribution is 2.31. The molecule has 4 heteroatoms. The fourth-order valence-electron chi connectivity index (χ4n) is 1.86. The average molecular weight is 272 g/mol. The molecule has 2 aromatic rings. The molecule has 104 valence electrons. The summed E-state index contributed by atoms with van der Waals surface area (Å²) in [5.41, 5.74) is 1.47. The van der Waals surface area contributed by atoms with Gasteiger partial charge in [-0.25, -0.2) is 4.79 Å².